The molecule has 1 aromatic carbocycles. The first-order valence-corrected chi connectivity index (χ1v) is 10.2. The zero-order valence-electron chi connectivity index (χ0n) is 15.6. The molecule has 2 N–H and O–H groups in total. The van der Waals surface area contributed by atoms with E-state index < -0.39 is 0 Å². The molecule has 3 rings (SSSR count). The van der Waals surface area contributed by atoms with E-state index in [0.717, 1.165) is 21.5 Å². The predicted octanol–water partition coefficient (Wildman–Crippen LogP) is 3.85. The van der Waals surface area contributed by atoms with Gasteiger partial charge in [-0.1, -0.05) is 0 Å². The van der Waals surface area contributed by atoms with Crippen molar-refractivity contribution >= 4 is 38.3 Å². The van der Waals surface area contributed by atoms with Gasteiger partial charge in [-0.05, 0) is 54.4 Å². The van der Waals surface area contributed by atoms with Crippen molar-refractivity contribution in [3.05, 3.63) is 55.5 Å². The van der Waals surface area contributed by atoms with E-state index in [0.29, 0.717) is 28.6 Å². The normalized spacial score (nSPS) is 10.7. The van der Waals surface area contributed by atoms with Crippen LogP contribution in [0.3, 0.4) is 0 Å². The monoisotopic (exact) mass is 462 g/mol. The summed E-state index contributed by atoms with van der Waals surface area (Å²) < 4.78 is 6.06. The van der Waals surface area contributed by atoms with Crippen molar-refractivity contribution in [1.82, 2.24) is 15.0 Å². The number of H-pyrrole nitrogens is 1. The maximum Gasteiger partial charge on any atom is 0.254 e. The van der Waals surface area contributed by atoms with Crippen molar-refractivity contribution in [2.24, 2.45) is 0 Å². The number of benzene rings is 1. The molecule has 146 valence electrons. The van der Waals surface area contributed by atoms with Gasteiger partial charge >= 0.3 is 0 Å². The molecule has 0 saturated heterocycles. The number of aromatic nitrogens is 3. The van der Waals surface area contributed by atoms with Crippen LogP contribution in [0.1, 0.15) is 23.5 Å². The fourth-order valence-electron chi connectivity index (χ4n) is 2.76. The Bertz CT molecular complexity index is 1080. The molecular weight excluding hydrogens is 444 g/mol. The number of halogens is 1. The first-order valence-electron chi connectivity index (χ1n) is 8.53. The van der Waals surface area contributed by atoms with Gasteiger partial charge in [0.25, 0.3) is 5.56 Å². The Balaban J connectivity index is 1.64. The van der Waals surface area contributed by atoms with E-state index in [1.54, 1.807) is 21.0 Å². The summed E-state index contributed by atoms with van der Waals surface area (Å²) in [5.74, 6) is 1.11. The van der Waals surface area contributed by atoms with E-state index in [1.165, 1.54) is 11.3 Å². The van der Waals surface area contributed by atoms with Gasteiger partial charge in [0, 0.05) is 28.6 Å². The number of thiazole rings is 1. The Morgan fingerprint density at radius 1 is 1.32 bits per heavy atom. The number of aryl methyl sites for hydroxylation is 2. The fourth-order valence-corrected chi connectivity index (χ4v) is 4.03. The van der Waals surface area contributed by atoms with Crippen molar-refractivity contribution in [2.75, 3.05) is 12.4 Å². The number of aromatic amines is 1. The van der Waals surface area contributed by atoms with Crippen molar-refractivity contribution < 1.29 is 9.53 Å². The molecule has 0 unspecified atom stereocenters. The van der Waals surface area contributed by atoms with Crippen LogP contribution in [-0.4, -0.2) is 28.0 Å². The molecule has 3 aromatic rings. The average molecular weight is 463 g/mol. The van der Waals surface area contributed by atoms with Gasteiger partial charge < -0.3 is 15.0 Å². The number of carbonyl (C=O) groups excluding carboxylic acids is 1. The molecule has 2 heterocycles. The van der Waals surface area contributed by atoms with Gasteiger partial charge in [-0.3, -0.25) is 9.59 Å². The molecule has 7 nitrogen and oxygen atoms in total. The number of nitrogens with one attached hydrogen (secondary N) is 2. The third-order valence-electron chi connectivity index (χ3n) is 4.14. The second kappa shape index (κ2) is 8.66. The van der Waals surface area contributed by atoms with Crippen LogP contribution in [0.5, 0.6) is 5.75 Å². The van der Waals surface area contributed by atoms with Gasteiger partial charge in [-0.15, -0.1) is 11.3 Å². The Morgan fingerprint density at radius 2 is 2.11 bits per heavy atom. The number of rotatable bonds is 6. The lowest BCUT2D eigenvalue weighted by atomic mass is 10.1. The molecule has 0 aliphatic rings. The third kappa shape index (κ3) is 4.66. The molecule has 0 spiro atoms. The quantitative estimate of drug-likeness (QED) is 0.579. The Morgan fingerprint density at radius 3 is 2.79 bits per heavy atom. The van der Waals surface area contributed by atoms with Crippen LogP contribution >= 0.6 is 27.3 Å². The predicted molar refractivity (Wildman–Crippen MR) is 113 cm³/mol. The van der Waals surface area contributed by atoms with Crippen LogP contribution in [0.2, 0.25) is 0 Å². The van der Waals surface area contributed by atoms with Gasteiger partial charge in [-0.2, -0.15) is 0 Å². The van der Waals surface area contributed by atoms with Crippen molar-refractivity contribution in [3.63, 3.8) is 0 Å². The van der Waals surface area contributed by atoms with E-state index in [9.17, 15) is 9.59 Å². The Kier molecular flexibility index (Phi) is 6.25. The molecule has 1 amide bonds. The zero-order valence-corrected chi connectivity index (χ0v) is 18.0. The first-order chi connectivity index (χ1) is 13.4. The van der Waals surface area contributed by atoms with E-state index in [-0.39, 0.29) is 17.9 Å². The summed E-state index contributed by atoms with van der Waals surface area (Å²) in [6, 6.07) is 5.68. The minimum atomic E-state index is -0.198. The summed E-state index contributed by atoms with van der Waals surface area (Å²) in [5, 5.41) is 5.18. The lowest BCUT2D eigenvalue weighted by Crippen LogP contribution is -2.20. The number of amides is 1. The molecule has 0 aliphatic carbocycles. The van der Waals surface area contributed by atoms with Crippen LogP contribution in [-0.2, 0) is 11.2 Å². The first kappa shape index (κ1) is 20.2. The number of nitrogens with zero attached hydrogens (tertiary/aromatic N) is 2. The number of anilines is 1. The van der Waals surface area contributed by atoms with Gasteiger partial charge in [0.2, 0.25) is 5.91 Å². The van der Waals surface area contributed by atoms with Crippen LogP contribution in [0.25, 0.3) is 11.3 Å². The number of methoxy groups -OCH3 is 1. The molecule has 0 bridgehead atoms. The minimum Gasteiger partial charge on any atom is -0.496 e. The summed E-state index contributed by atoms with van der Waals surface area (Å²) in [6.07, 6.45) is 0.502. The smallest absolute Gasteiger partial charge is 0.254 e. The third-order valence-corrected chi connectivity index (χ3v) is 5.52. The van der Waals surface area contributed by atoms with E-state index in [4.69, 9.17) is 4.74 Å². The summed E-state index contributed by atoms with van der Waals surface area (Å²) >= 11 is 4.81. The molecule has 0 saturated carbocycles. The minimum absolute atomic E-state index is 0.178. The molecule has 0 radical (unpaired) electrons. The number of carbonyl (C=O) groups is 1. The van der Waals surface area contributed by atoms with Crippen LogP contribution in [0.15, 0.2) is 32.8 Å². The van der Waals surface area contributed by atoms with Crippen molar-refractivity contribution in [3.8, 4) is 17.0 Å². The Labute approximate surface area is 174 Å². The topological polar surface area (TPSA) is 97.0 Å². The van der Waals surface area contributed by atoms with Crippen LogP contribution < -0.4 is 15.6 Å². The molecule has 0 fully saturated rings. The van der Waals surface area contributed by atoms with Crippen LogP contribution in [0, 0.1) is 13.8 Å². The highest BCUT2D eigenvalue weighted by atomic mass is 79.9. The van der Waals surface area contributed by atoms with Gasteiger partial charge in [0.05, 0.1) is 17.3 Å². The summed E-state index contributed by atoms with van der Waals surface area (Å²) in [7, 11) is 1.61. The van der Waals surface area contributed by atoms with E-state index in [1.807, 2.05) is 23.6 Å². The fraction of sp³-hybridized carbons (Fsp3) is 0.263. The van der Waals surface area contributed by atoms with Crippen LogP contribution in [0.4, 0.5) is 5.13 Å². The van der Waals surface area contributed by atoms with Gasteiger partial charge in [-0.25, -0.2) is 9.97 Å². The molecule has 28 heavy (non-hydrogen) atoms. The van der Waals surface area contributed by atoms with Crippen molar-refractivity contribution in [2.45, 2.75) is 26.7 Å². The standard InChI is InChI=1S/C19H19BrN4O3S/c1-10-13(18(26)22-11(2)21-10)5-7-17(25)24-19-23-15(9-28-19)12-4-6-16(27-3)14(20)8-12/h4,6,8-9H,5,7H2,1-3H3,(H,21,22,26)(H,23,24,25). The number of ether oxygens (including phenoxy) is 1. The Hall–Kier alpha value is -2.52. The number of hydrogen-bond donors (Lipinski definition) is 2. The summed E-state index contributed by atoms with van der Waals surface area (Å²) in [6.45, 7) is 3.50. The molecule has 0 aliphatic heterocycles. The lowest BCUT2D eigenvalue weighted by molar-refractivity contribution is -0.116. The second-order valence-corrected chi connectivity index (χ2v) is 7.86. The second-order valence-electron chi connectivity index (χ2n) is 6.15. The highest BCUT2D eigenvalue weighted by Gasteiger charge is 2.12. The highest BCUT2D eigenvalue weighted by Crippen LogP contribution is 2.32. The molecular formula is C19H19BrN4O3S. The summed E-state index contributed by atoms with van der Waals surface area (Å²) in [5.41, 5.74) is 2.66. The maximum absolute atomic E-state index is 12.3. The zero-order chi connectivity index (χ0) is 20.3. The molecule has 9 heteroatoms. The summed E-state index contributed by atoms with van der Waals surface area (Å²) in [4.78, 5) is 35.6. The SMILES string of the molecule is COc1ccc(-c2csc(NC(=O)CCc3c(C)nc(C)[nH]c3=O)n2)cc1Br. The van der Waals surface area contributed by atoms with Gasteiger partial charge in [0.15, 0.2) is 5.13 Å². The number of hydrogen-bond acceptors (Lipinski definition) is 6. The van der Waals surface area contributed by atoms with E-state index in [2.05, 4.69) is 36.2 Å². The molecule has 2 aromatic heterocycles. The largest absolute Gasteiger partial charge is 0.496 e. The van der Waals surface area contributed by atoms with Gasteiger partial charge in [0.1, 0.15) is 11.6 Å². The van der Waals surface area contributed by atoms with E-state index >= 15 is 0 Å². The van der Waals surface area contributed by atoms with Crippen molar-refractivity contribution in [1.29, 1.82) is 0 Å². The molecule has 0 atom stereocenters. The lowest BCUT2D eigenvalue weighted by Gasteiger charge is -2.05. The highest BCUT2D eigenvalue weighted by molar-refractivity contribution is 9.10. The average Bonchev–Trinajstić information content (AvgIpc) is 3.09. The maximum atomic E-state index is 12.3.